The number of amides is 1. The fraction of sp³-hybridized carbons (Fsp3) is 0.438. The molecule has 3 rings (SSSR count). The molecule has 1 atom stereocenters. The smallest absolute Gasteiger partial charge is 0.275 e. The first-order valence-corrected chi connectivity index (χ1v) is 7.60. The number of aromatic amines is 1. The topological polar surface area (TPSA) is 65.1 Å². The van der Waals surface area contributed by atoms with E-state index in [1.165, 1.54) is 11.8 Å². The highest BCUT2D eigenvalue weighted by Gasteiger charge is 2.25. The normalized spacial score (nSPS) is 18.5. The largest absolute Gasteiger partial charge is 0.340 e. The number of aromatic nitrogens is 3. The van der Waals surface area contributed by atoms with E-state index in [1.807, 2.05) is 13.1 Å². The Bertz CT molecular complexity index is 598. The van der Waals surface area contributed by atoms with Gasteiger partial charge < -0.3 is 4.90 Å². The van der Waals surface area contributed by atoms with Crippen LogP contribution in [0.3, 0.4) is 0 Å². The van der Waals surface area contributed by atoms with E-state index >= 15 is 0 Å². The van der Waals surface area contributed by atoms with Gasteiger partial charge in [0.1, 0.15) is 0 Å². The Morgan fingerprint density at radius 1 is 1.41 bits per heavy atom. The molecule has 1 N–H and O–H groups in total. The van der Waals surface area contributed by atoms with Crippen LogP contribution >= 0.6 is 0 Å². The Morgan fingerprint density at radius 3 is 2.95 bits per heavy atom. The Morgan fingerprint density at radius 2 is 2.23 bits per heavy atom. The lowest BCUT2D eigenvalue weighted by Gasteiger charge is -2.21. The number of carbonyl (C=O) groups excluding carboxylic acids is 1. The van der Waals surface area contributed by atoms with E-state index in [4.69, 9.17) is 0 Å². The first kappa shape index (κ1) is 14.7. The molecule has 1 aromatic carbocycles. The first-order valence-electron chi connectivity index (χ1n) is 7.60. The number of likely N-dealkylation sites (tertiary alicyclic amines) is 1. The Balaban J connectivity index is 1.49. The molecule has 1 aromatic heterocycles. The SMILES string of the molecule is CN(CC1CCN(Cc2ccccc2)C1)C(=O)c1cn[nH]n1. The zero-order valence-electron chi connectivity index (χ0n) is 12.8. The van der Waals surface area contributed by atoms with Gasteiger partial charge in [-0.3, -0.25) is 9.69 Å². The van der Waals surface area contributed by atoms with Crippen molar-refractivity contribution in [3.05, 3.63) is 47.8 Å². The zero-order chi connectivity index (χ0) is 15.4. The molecule has 0 spiro atoms. The van der Waals surface area contributed by atoms with E-state index in [-0.39, 0.29) is 5.91 Å². The van der Waals surface area contributed by atoms with Crippen LogP contribution in [0.25, 0.3) is 0 Å². The van der Waals surface area contributed by atoms with Gasteiger partial charge in [-0.1, -0.05) is 30.3 Å². The molecule has 6 heteroatoms. The van der Waals surface area contributed by atoms with Crippen molar-refractivity contribution >= 4 is 5.91 Å². The van der Waals surface area contributed by atoms with E-state index in [0.29, 0.717) is 11.6 Å². The van der Waals surface area contributed by atoms with Gasteiger partial charge in [-0.15, -0.1) is 0 Å². The second kappa shape index (κ2) is 6.70. The van der Waals surface area contributed by atoms with E-state index in [1.54, 1.807) is 4.90 Å². The average Bonchev–Trinajstić information content (AvgIpc) is 3.19. The van der Waals surface area contributed by atoms with Crippen LogP contribution in [-0.2, 0) is 6.54 Å². The van der Waals surface area contributed by atoms with Gasteiger partial charge in [0.25, 0.3) is 5.91 Å². The summed E-state index contributed by atoms with van der Waals surface area (Å²) >= 11 is 0. The maximum absolute atomic E-state index is 12.2. The molecular formula is C16H21N5O. The van der Waals surface area contributed by atoms with Crippen LogP contribution in [0.4, 0.5) is 0 Å². The minimum atomic E-state index is -0.0738. The maximum atomic E-state index is 12.2. The van der Waals surface area contributed by atoms with Crippen LogP contribution in [0.15, 0.2) is 36.5 Å². The van der Waals surface area contributed by atoms with Crippen LogP contribution in [0.1, 0.15) is 22.5 Å². The second-order valence-corrected chi connectivity index (χ2v) is 5.92. The van der Waals surface area contributed by atoms with Crippen molar-refractivity contribution in [1.29, 1.82) is 0 Å². The Kier molecular flexibility index (Phi) is 4.48. The third-order valence-corrected chi connectivity index (χ3v) is 4.13. The lowest BCUT2D eigenvalue weighted by molar-refractivity contribution is 0.0767. The van der Waals surface area contributed by atoms with Crippen LogP contribution in [0, 0.1) is 5.92 Å². The van der Waals surface area contributed by atoms with Crippen molar-refractivity contribution in [1.82, 2.24) is 25.2 Å². The van der Waals surface area contributed by atoms with Crippen LogP contribution in [0.5, 0.6) is 0 Å². The fourth-order valence-electron chi connectivity index (χ4n) is 3.02. The highest BCUT2D eigenvalue weighted by Crippen LogP contribution is 2.19. The van der Waals surface area contributed by atoms with Crippen LogP contribution in [-0.4, -0.2) is 57.8 Å². The van der Waals surface area contributed by atoms with E-state index in [0.717, 1.165) is 32.6 Å². The predicted molar refractivity (Wildman–Crippen MR) is 83.2 cm³/mol. The minimum absolute atomic E-state index is 0.0738. The summed E-state index contributed by atoms with van der Waals surface area (Å²) in [5.41, 5.74) is 1.72. The fourth-order valence-corrected chi connectivity index (χ4v) is 3.02. The van der Waals surface area contributed by atoms with Gasteiger partial charge in [0.05, 0.1) is 6.20 Å². The lowest BCUT2D eigenvalue weighted by atomic mass is 10.1. The van der Waals surface area contributed by atoms with Crippen LogP contribution < -0.4 is 0 Å². The summed E-state index contributed by atoms with van der Waals surface area (Å²) < 4.78 is 0. The third kappa shape index (κ3) is 3.51. The number of benzene rings is 1. The first-order chi connectivity index (χ1) is 10.7. The highest BCUT2D eigenvalue weighted by molar-refractivity contribution is 5.91. The summed E-state index contributed by atoms with van der Waals surface area (Å²) in [6.07, 6.45) is 2.60. The number of rotatable bonds is 5. The monoisotopic (exact) mass is 299 g/mol. The Labute approximate surface area is 130 Å². The minimum Gasteiger partial charge on any atom is -0.340 e. The molecule has 22 heavy (non-hydrogen) atoms. The standard InChI is InChI=1S/C16H21N5O/c1-20(16(22)15-9-17-19-18-15)10-14-7-8-21(12-14)11-13-5-3-2-4-6-13/h2-6,9,14H,7-8,10-12H2,1H3,(H,17,18,19). The molecule has 2 aromatic rings. The van der Waals surface area contributed by atoms with Crippen molar-refractivity contribution in [3.8, 4) is 0 Å². The van der Waals surface area contributed by atoms with Gasteiger partial charge in [-0.25, -0.2) is 0 Å². The van der Waals surface area contributed by atoms with Gasteiger partial charge in [-0.2, -0.15) is 15.4 Å². The average molecular weight is 299 g/mol. The molecule has 6 nitrogen and oxygen atoms in total. The summed E-state index contributed by atoms with van der Waals surface area (Å²) in [6.45, 7) is 3.87. The second-order valence-electron chi connectivity index (χ2n) is 5.92. The van der Waals surface area contributed by atoms with Crippen molar-refractivity contribution in [2.24, 2.45) is 5.92 Å². The van der Waals surface area contributed by atoms with Gasteiger partial charge in [0.2, 0.25) is 0 Å². The molecule has 0 radical (unpaired) electrons. The molecule has 0 bridgehead atoms. The van der Waals surface area contributed by atoms with E-state index < -0.39 is 0 Å². The lowest BCUT2D eigenvalue weighted by Crippen LogP contribution is -2.33. The quantitative estimate of drug-likeness (QED) is 0.906. The third-order valence-electron chi connectivity index (χ3n) is 4.13. The van der Waals surface area contributed by atoms with Crippen molar-refractivity contribution < 1.29 is 4.79 Å². The number of H-pyrrole nitrogens is 1. The summed E-state index contributed by atoms with van der Waals surface area (Å²) in [5, 5.41) is 10.0. The van der Waals surface area contributed by atoms with Gasteiger partial charge >= 0.3 is 0 Å². The molecule has 2 heterocycles. The molecule has 1 fully saturated rings. The molecule has 1 unspecified atom stereocenters. The van der Waals surface area contributed by atoms with Gasteiger partial charge in [0.15, 0.2) is 5.69 Å². The van der Waals surface area contributed by atoms with Gasteiger partial charge in [0, 0.05) is 26.7 Å². The summed E-state index contributed by atoms with van der Waals surface area (Å²) in [4.78, 5) is 16.4. The molecule has 0 saturated carbocycles. The maximum Gasteiger partial charge on any atom is 0.275 e. The summed E-state index contributed by atoms with van der Waals surface area (Å²) in [5.74, 6) is 0.444. The number of hydrogen-bond donors (Lipinski definition) is 1. The molecule has 0 aliphatic carbocycles. The van der Waals surface area contributed by atoms with Crippen LogP contribution in [0.2, 0.25) is 0 Å². The Hall–Kier alpha value is -2.21. The van der Waals surface area contributed by atoms with Gasteiger partial charge in [-0.05, 0) is 24.4 Å². The van der Waals surface area contributed by atoms with E-state index in [9.17, 15) is 4.79 Å². The van der Waals surface area contributed by atoms with E-state index in [2.05, 4.69) is 44.6 Å². The van der Waals surface area contributed by atoms with Crippen molar-refractivity contribution in [3.63, 3.8) is 0 Å². The molecule has 1 saturated heterocycles. The number of hydrogen-bond acceptors (Lipinski definition) is 4. The van der Waals surface area contributed by atoms with Crippen molar-refractivity contribution in [2.75, 3.05) is 26.7 Å². The molecule has 1 aliphatic heterocycles. The molecular weight excluding hydrogens is 278 g/mol. The number of nitrogens with one attached hydrogen (secondary N) is 1. The zero-order valence-corrected chi connectivity index (χ0v) is 12.8. The molecule has 116 valence electrons. The predicted octanol–water partition coefficient (Wildman–Crippen LogP) is 1.40. The summed E-state index contributed by atoms with van der Waals surface area (Å²) in [7, 11) is 1.83. The number of nitrogens with zero attached hydrogens (tertiary/aromatic N) is 4. The molecule has 1 amide bonds. The summed E-state index contributed by atoms with van der Waals surface area (Å²) in [6, 6.07) is 10.5. The van der Waals surface area contributed by atoms with Crippen molar-refractivity contribution in [2.45, 2.75) is 13.0 Å². The number of carbonyl (C=O) groups is 1. The molecule has 1 aliphatic rings. The highest BCUT2D eigenvalue weighted by atomic mass is 16.2.